The van der Waals surface area contributed by atoms with Gasteiger partial charge >= 0.3 is 0 Å². The molecule has 1 fully saturated rings. The van der Waals surface area contributed by atoms with Crippen LogP contribution in [0, 0.1) is 5.82 Å². The summed E-state index contributed by atoms with van der Waals surface area (Å²) in [6.45, 7) is 0.408. The number of anilines is 2. The van der Waals surface area contributed by atoms with Crippen molar-refractivity contribution in [2.24, 2.45) is 10.8 Å². The number of nitrogens with one attached hydrogen (secondary N) is 1. The highest BCUT2D eigenvalue weighted by molar-refractivity contribution is 7.13. The zero-order chi connectivity index (χ0) is 21.3. The first-order valence-electron chi connectivity index (χ1n) is 9.37. The van der Waals surface area contributed by atoms with E-state index in [0.29, 0.717) is 30.2 Å². The Morgan fingerprint density at radius 1 is 1.20 bits per heavy atom. The standard InChI is InChI=1S/C19H19FN6O3S/c20-11-3-5-12(6-4-11)26-15(16(21)27)10-13(24-26)18(29)25-8-1-2-14(25)17(28)23-19-22-7-9-30-19/h3-7,9,14-15H,1-2,8,10H2,(H2,21,27)(H,22,23,28). The number of nitrogens with two attached hydrogens (primary N) is 1. The second kappa shape index (κ2) is 8.19. The lowest BCUT2D eigenvalue weighted by molar-refractivity contribution is -0.131. The maximum atomic E-state index is 13.2. The molecule has 30 heavy (non-hydrogen) atoms. The van der Waals surface area contributed by atoms with Crippen LogP contribution in [0.15, 0.2) is 40.9 Å². The molecule has 3 amide bonds. The van der Waals surface area contributed by atoms with Crippen molar-refractivity contribution < 1.29 is 18.8 Å². The van der Waals surface area contributed by atoms with Gasteiger partial charge in [0.15, 0.2) is 5.13 Å². The molecular weight excluding hydrogens is 411 g/mol. The lowest BCUT2D eigenvalue weighted by atomic mass is 10.1. The van der Waals surface area contributed by atoms with Crippen LogP contribution >= 0.6 is 11.3 Å². The number of primary amides is 1. The number of hydrogen-bond donors (Lipinski definition) is 2. The predicted molar refractivity (Wildman–Crippen MR) is 109 cm³/mol. The molecule has 156 valence electrons. The van der Waals surface area contributed by atoms with Crippen molar-refractivity contribution in [3.8, 4) is 0 Å². The Labute approximate surface area is 175 Å². The van der Waals surface area contributed by atoms with Crippen LogP contribution in [0.3, 0.4) is 0 Å². The quantitative estimate of drug-likeness (QED) is 0.741. The van der Waals surface area contributed by atoms with Gasteiger partial charge in [0.05, 0.1) is 5.69 Å². The molecule has 0 saturated carbocycles. The summed E-state index contributed by atoms with van der Waals surface area (Å²) in [6, 6.07) is 3.89. The van der Waals surface area contributed by atoms with Crippen LogP contribution in [-0.2, 0) is 14.4 Å². The molecule has 9 nitrogen and oxygen atoms in total. The van der Waals surface area contributed by atoms with Gasteiger partial charge in [0.25, 0.3) is 5.91 Å². The number of hydrazone groups is 1. The number of amides is 3. The Balaban J connectivity index is 1.54. The SMILES string of the molecule is NC(=O)C1CC(C(=O)N2CCCC2C(=O)Nc2nccs2)=NN1c1ccc(F)cc1. The molecule has 11 heteroatoms. The van der Waals surface area contributed by atoms with Crippen LogP contribution in [0.4, 0.5) is 15.2 Å². The minimum atomic E-state index is -0.861. The highest BCUT2D eigenvalue weighted by atomic mass is 32.1. The smallest absolute Gasteiger partial charge is 0.270 e. The van der Waals surface area contributed by atoms with E-state index in [-0.39, 0.29) is 18.0 Å². The topological polar surface area (TPSA) is 121 Å². The second-order valence-electron chi connectivity index (χ2n) is 6.97. The number of nitrogens with zero attached hydrogens (tertiary/aromatic N) is 4. The number of rotatable bonds is 5. The molecule has 2 aliphatic rings. The van der Waals surface area contributed by atoms with Gasteiger partial charge in [-0.05, 0) is 37.1 Å². The fourth-order valence-corrected chi connectivity index (χ4v) is 4.15. The van der Waals surface area contributed by atoms with E-state index in [1.807, 2.05) is 0 Å². The molecule has 0 aliphatic carbocycles. The van der Waals surface area contributed by atoms with E-state index in [0.717, 1.165) is 0 Å². The molecule has 0 bridgehead atoms. The first kappa shape index (κ1) is 20.0. The molecule has 1 saturated heterocycles. The molecule has 3 heterocycles. The molecule has 3 N–H and O–H groups in total. The van der Waals surface area contributed by atoms with Crippen molar-refractivity contribution >= 4 is 45.6 Å². The lowest BCUT2D eigenvalue weighted by Crippen LogP contribution is -2.46. The van der Waals surface area contributed by atoms with Gasteiger partial charge in [-0.2, -0.15) is 5.10 Å². The summed E-state index contributed by atoms with van der Waals surface area (Å²) in [7, 11) is 0. The van der Waals surface area contributed by atoms with Gasteiger partial charge in [0.2, 0.25) is 11.8 Å². The van der Waals surface area contributed by atoms with Gasteiger partial charge in [0, 0.05) is 24.5 Å². The summed E-state index contributed by atoms with van der Waals surface area (Å²) in [6.07, 6.45) is 2.80. The van der Waals surface area contributed by atoms with Crippen molar-refractivity contribution in [1.82, 2.24) is 9.88 Å². The molecule has 0 spiro atoms. The average molecular weight is 430 g/mol. The molecule has 2 unspecified atom stereocenters. The fourth-order valence-electron chi connectivity index (χ4n) is 3.61. The van der Waals surface area contributed by atoms with Gasteiger partial charge < -0.3 is 16.0 Å². The Hall–Kier alpha value is -3.34. The Bertz CT molecular complexity index is 994. The lowest BCUT2D eigenvalue weighted by Gasteiger charge is -2.23. The maximum absolute atomic E-state index is 13.2. The monoisotopic (exact) mass is 430 g/mol. The second-order valence-corrected chi connectivity index (χ2v) is 7.87. The number of thiazole rings is 1. The molecule has 1 aromatic heterocycles. The number of hydrogen-bond acceptors (Lipinski definition) is 7. The normalized spacial score (nSPS) is 20.9. The van der Waals surface area contributed by atoms with E-state index in [1.165, 1.54) is 45.5 Å². The van der Waals surface area contributed by atoms with E-state index >= 15 is 0 Å². The van der Waals surface area contributed by atoms with E-state index in [1.54, 1.807) is 11.6 Å². The van der Waals surface area contributed by atoms with E-state index in [4.69, 9.17) is 5.73 Å². The van der Waals surface area contributed by atoms with Gasteiger partial charge in [-0.1, -0.05) is 0 Å². The molecular formula is C19H19FN6O3S. The minimum absolute atomic E-state index is 0.0167. The van der Waals surface area contributed by atoms with Crippen LogP contribution in [0.2, 0.25) is 0 Å². The summed E-state index contributed by atoms with van der Waals surface area (Å²) >= 11 is 1.29. The molecule has 2 atom stereocenters. The van der Waals surface area contributed by atoms with Gasteiger partial charge in [-0.3, -0.25) is 19.4 Å². The number of aromatic nitrogens is 1. The average Bonchev–Trinajstić information content (AvgIpc) is 3.48. The Kier molecular flexibility index (Phi) is 5.44. The zero-order valence-corrected chi connectivity index (χ0v) is 16.6. The maximum Gasteiger partial charge on any atom is 0.270 e. The van der Waals surface area contributed by atoms with Crippen molar-refractivity contribution in [3.05, 3.63) is 41.7 Å². The van der Waals surface area contributed by atoms with Crippen LogP contribution in [-0.4, -0.2) is 51.9 Å². The number of carbonyl (C=O) groups excluding carboxylic acids is 3. The molecule has 1 aromatic carbocycles. The predicted octanol–water partition coefficient (Wildman–Crippen LogP) is 1.33. The number of halogens is 1. The first-order valence-corrected chi connectivity index (χ1v) is 10.2. The van der Waals surface area contributed by atoms with Gasteiger partial charge in [-0.15, -0.1) is 11.3 Å². The van der Waals surface area contributed by atoms with Crippen LogP contribution < -0.4 is 16.1 Å². The van der Waals surface area contributed by atoms with Crippen molar-refractivity contribution in [2.45, 2.75) is 31.3 Å². The van der Waals surface area contributed by atoms with Crippen molar-refractivity contribution in [1.29, 1.82) is 0 Å². The van der Waals surface area contributed by atoms with E-state index in [9.17, 15) is 18.8 Å². The fraction of sp³-hybridized carbons (Fsp3) is 0.316. The molecule has 4 rings (SSSR count). The summed E-state index contributed by atoms with van der Waals surface area (Å²) in [5.41, 5.74) is 6.08. The number of carbonyl (C=O) groups is 3. The largest absolute Gasteiger partial charge is 0.368 e. The van der Waals surface area contributed by atoms with Crippen LogP contribution in [0.5, 0.6) is 0 Å². The summed E-state index contributed by atoms with van der Waals surface area (Å²) in [4.78, 5) is 43.2. The highest BCUT2D eigenvalue weighted by Gasteiger charge is 2.41. The van der Waals surface area contributed by atoms with E-state index in [2.05, 4.69) is 15.4 Å². The summed E-state index contributed by atoms with van der Waals surface area (Å²) in [5.74, 6) is -1.80. The first-order chi connectivity index (χ1) is 14.4. The highest BCUT2D eigenvalue weighted by Crippen LogP contribution is 2.27. The summed E-state index contributed by atoms with van der Waals surface area (Å²) in [5, 5.41) is 10.6. The van der Waals surface area contributed by atoms with Gasteiger partial charge in [-0.25, -0.2) is 9.37 Å². The zero-order valence-electron chi connectivity index (χ0n) is 15.8. The number of benzene rings is 1. The van der Waals surface area contributed by atoms with Crippen LogP contribution in [0.1, 0.15) is 19.3 Å². The molecule has 2 aliphatic heterocycles. The van der Waals surface area contributed by atoms with E-state index < -0.39 is 29.7 Å². The summed E-state index contributed by atoms with van der Waals surface area (Å²) < 4.78 is 13.2. The van der Waals surface area contributed by atoms with Crippen molar-refractivity contribution in [3.63, 3.8) is 0 Å². The Morgan fingerprint density at radius 2 is 1.97 bits per heavy atom. The Morgan fingerprint density at radius 3 is 2.63 bits per heavy atom. The molecule has 2 aromatic rings. The third-order valence-corrected chi connectivity index (χ3v) is 5.74. The number of likely N-dealkylation sites (tertiary alicyclic amines) is 1. The minimum Gasteiger partial charge on any atom is -0.368 e. The van der Waals surface area contributed by atoms with Crippen molar-refractivity contribution in [2.75, 3.05) is 16.9 Å². The van der Waals surface area contributed by atoms with Gasteiger partial charge in [0.1, 0.15) is 23.6 Å². The third-order valence-electron chi connectivity index (χ3n) is 5.06. The van der Waals surface area contributed by atoms with Crippen LogP contribution in [0.25, 0.3) is 0 Å². The molecule has 0 radical (unpaired) electrons. The third kappa shape index (κ3) is 3.88.